The smallest absolute Gasteiger partial charge is 0.224 e. The summed E-state index contributed by atoms with van der Waals surface area (Å²) in [5.74, 6) is 0.692. The van der Waals surface area contributed by atoms with Crippen molar-refractivity contribution in [3.8, 4) is 0 Å². The van der Waals surface area contributed by atoms with Crippen LogP contribution in [0, 0.1) is 6.92 Å². The summed E-state index contributed by atoms with van der Waals surface area (Å²) in [6, 6.07) is 2.03. The highest BCUT2D eigenvalue weighted by Gasteiger charge is 2.02. The molecule has 4 nitrogen and oxygen atoms in total. The third-order valence-electron chi connectivity index (χ3n) is 2.54. The van der Waals surface area contributed by atoms with Crippen LogP contribution in [0.25, 0.3) is 10.2 Å². The van der Waals surface area contributed by atoms with Crippen molar-refractivity contribution in [1.29, 1.82) is 0 Å². The Labute approximate surface area is 113 Å². The summed E-state index contributed by atoms with van der Waals surface area (Å²) in [6.45, 7) is 2.83. The highest BCUT2D eigenvalue weighted by molar-refractivity contribution is 7.16. The Morgan fingerprint density at radius 1 is 1.28 bits per heavy atom. The van der Waals surface area contributed by atoms with Gasteiger partial charge >= 0.3 is 0 Å². The highest BCUT2D eigenvalue weighted by atomic mass is 32.1. The van der Waals surface area contributed by atoms with Crippen molar-refractivity contribution in [2.24, 2.45) is 0 Å². The second kappa shape index (κ2) is 4.99. The molecule has 0 unspecified atom stereocenters. The van der Waals surface area contributed by atoms with Crippen LogP contribution in [-0.4, -0.2) is 21.5 Å². The Morgan fingerprint density at radius 3 is 3.06 bits per heavy atom. The normalized spacial score (nSPS) is 10.9. The lowest BCUT2D eigenvalue weighted by Crippen LogP contribution is -2.07. The summed E-state index contributed by atoms with van der Waals surface area (Å²) in [6.07, 6.45) is 2.75. The molecule has 0 amide bonds. The number of anilines is 1. The molecule has 3 heterocycles. The molecule has 0 fully saturated rings. The van der Waals surface area contributed by atoms with E-state index in [0.29, 0.717) is 5.95 Å². The molecule has 1 N–H and O–H groups in total. The van der Waals surface area contributed by atoms with Crippen LogP contribution < -0.4 is 5.32 Å². The van der Waals surface area contributed by atoms with Crippen molar-refractivity contribution in [2.45, 2.75) is 13.3 Å². The molecule has 0 radical (unpaired) electrons. The molecule has 0 saturated heterocycles. The van der Waals surface area contributed by atoms with E-state index in [1.807, 2.05) is 24.6 Å². The predicted octanol–water partition coefficient (Wildman–Crippen LogP) is 3.11. The first-order chi connectivity index (χ1) is 8.81. The van der Waals surface area contributed by atoms with Gasteiger partial charge in [-0.05, 0) is 18.4 Å². The second-order valence-electron chi connectivity index (χ2n) is 3.91. The molecule has 92 valence electrons. The van der Waals surface area contributed by atoms with Crippen LogP contribution >= 0.6 is 22.7 Å². The minimum absolute atomic E-state index is 0.692. The molecule has 0 aliphatic heterocycles. The van der Waals surface area contributed by atoms with E-state index in [-0.39, 0.29) is 0 Å². The lowest BCUT2D eigenvalue weighted by Gasteiger charge is -2.02. The molecule has 6 heteroatoms. The molecular weight excluding hydrogens is 264 g/mol. The van der Waals surface area contributed by atoms with Gasteiger partial charge < -0.3 is 5.32 Å². The second-order valence-corrected chi connectivity index (χ2v) is 5.87. The zero-order valence-corrected chi connectivity index (χ0v) is 11.5. The van der Waals surface area contributed by atoms with Crippen LogP contribution in [0.2, 0.25) is 0 Å². The molecule has 0 aliphatic rings. The zero-order chi connectivity index (χ0) is 12.4. The molecule has 3 rings (SSSR count). The molecular formula is C12H12N4S2. The highest BCUT2D eigenvalue weighted by Crippen LogP contribution is 2.18. The first-order valence-electron chi connectivity index (χ1n) is 5.66. The van der Waals surface area contributed by atoms with E-state index in [1.165, 1.54) is 0 Å². The third-order valence-corrected chi connectivity index (χ3v) is 4.18. The number of nitrogens with one attached hydrogen (secondary N) is 1. The van der Waals surface area contributed by atoms with Crippen LogP contribution in [-0.2, 0) is 6.42 Å². The van der Waals surface area contributed by atoms with Crippen molar-refractivity contribution in [1.82, 2.24) is 15.0 Å². The number of hydrogen-bond acceptors (Lipinski definition) is 6. The van der Waals surface area contributed by atoms with Crippen LogP contribution in [0.3, 0.4) is 0 Å². The molecule has 3 aromatic rings. The topological polar surface area (TPSA) is 50.7 Å². The van der Waals surface area contributed by atoms with Gasteiger partial charge in [0, 0.05) is 29.9 Å². The summed E-state index contributed by atoms with van der Waals surface area (Å²) in [4.78, 5) is 14.2. The summed E-state index contributed by atoms with van der Waals surface area (Å²) in [5, 5.41) is 9.57. The lowest BCUT2D eigenvalue weighted by molar-refractivity contribution is 0.951. The minimum atomic E-state index is 0.692. The maximum atomic E-state index is 4.45. The first kappa shape index (κ1) is 11.6. The Bertz CT molecular complexity index is 659. The maximum Gasteiger partial charge on any atom is 0.224 e. The number of thiazole rings is 1. The van der Waals surface area contributed by atoms with Gasteiger partial charge in [-0.3, -0.25) is 0 Å². The SMILES string of the molecule is Cc1nc(CCNc2ncc3ccsc3n2)cs1. The number of rotatable bonds is 4. The van der Waals surface area contributed by atoms with Crippen LogP contribution in [0.4, 0.5) is 5.95 Å². The van der Waals surface area contributed by atoms with E-state index in [2.05, 4.69) is 25.6 Å². The Hall–Kier alpha value is -1.53. The largest absolute Gasteiger partial charge is 0.354 e. The predicted molar refractivity (Wildman–Crippen MR) is 76.5 cm³/mol. The fourth-order valence-corrected chi connectivity index (χ4v) is 3.05. The minimum Gasteiger partial charge on any atom is -0.354 e. The van der Waals surface area contributed by atoms with E-state index >= 15 is 0 Å². The van der Waals surface area contributed by atoms with Crippen LogP contribution in [0.1, 0.15) is 10.7 Å². The molecule has 0 bridgehead atoms. The number of thiophene rings is 1. The standard InChI is InChI=1S/C12H12N4S2/c1-8-15-10(7-18-8)2-4-13-12-14-6-9-3-5-17-11(9)16-12/h3,5-7H,2,4H2,1H3,(H,13,14,16). The summed E-state index contributed by atoms with van der Waals surface area (Å²) in [7, 11) is 0. The van der Waals surface area contributed by atoms with Crippen molar-refractivity contribution < 1.29 is 0 Å². The molecule has 0 aromatic carbocycles. The van der Waals surface area contributed by atoms with Gasteiger partial charge in [-0.2, -0.15) is 0 Å². The van der Waals surface area contributed by atoms with Gasteiger partial charge in [-0.1, -0.05) is 0 Å². The number of nitrogens with zero attached hydrogens (tertiary/aromatic N) is 3. The molecule has 0 aliphatic carbocycles. The van der Waals surface area contributed by atoms with Gasteiger partial charge in [-0.25, -0.2) is 15.0 Å². The van der Waals surface area contributed by atoms with Crippen LogP contribution in [0.5, 0.6) is 0 Å². The summed E-state index contributed by atoms with van der Waals surface area (Å²) in [5.41, 5.74) is 1.13. The molecule has 0 atom stereocenters. The quantitative estimate of drug-likeness (QED) is 0.795. The maximum absolute atomic E-state index is 4.45. The number of hydrogen-bond donors (Lipinski definition) is 1. The van der Waals surface area contributed by atoms with E-state index in [9.17, 15) is 0 Å². The monoisotopic (exact) mass is 276 g/mol. The third kappa shape index (κ3) is 2.49. The van der Waals surface area contributed by atoms with Crippen molar-refractivity contribution in [3.05, 3.63) is 33.7 Å². The Kier molecular flexibility index (Phi) is 3.21. The van der Waals surface area contributed by atoms with Gasteiger partial charge in [0.05, 0.1) is 10.7 Å². The Balaban J connectivity index is 1.62. The van der Waals surface area contributed by atoms with E-state index < -0.39 is 0 Å². The fraction of sp³-hybridized carbons (Fsp3) is 0.250. The van der Waals surface area contributed by atoms with Crippen LogP contribution in [0.15, 0.2) is 23.0 Å². The zero-order valence-electron chi connectivity index (χ0n) is 9.88. The van der Waals surface area contributed by atoms with Crippen molar-refractivity contribution >= 4 is 38.8 Å². The number of fused-ring (bicyclic) bond motifs is 1. The summed E-state index contributed by atoms with van der Waals surface area (Å²) >= 11 is 3.32. The van der Waals surface area contributed by atoms with Gasteiger partial charge in [0.15, 0.2) is 0 Å². The van der Waals surface area contributed by atoms with Crippen molar-refractivity contribution in [3.63, 3.8) is 0 Å². The molecule has 0 spiro atoms. The lowest BCUT2D eigenvalue weighted by atomic mass is 10.3. The van der Waals surface area contributed by atoms with Gasteiger partial charge in [0.1, 0.15) is 4.83 Å². The van der Waals surface area contributed by atoms with Gasteiger partial charge in [0.25, 0.3) is 0 Å². The fourth-order valence-electron chi connectivity index (χ4n) is 1.67. The number of aromatic nitrogens is 3. The first-order valence-corrected chi connectivity index (χ1v) is 7.42. The molecule has 3 aromatic heterocycles. The van der Waals surface area contributed by atoms with Crippen molar-refractivity contribution in [2.75, 3.05) is 11.9 Å². The van der Waals surface area contributed by atoms with Gasteiger partial charge in [-0.15, -0.1) is 22.7 Å². The average molecular weight is 276 g/mol. The number of aryl methyl sites for hydroxylation is 1. The van der Waals surface area contributed by atoms with E-state index in [4.69, 9.17) is 0 Å². The molecule has 18 heavy (non-hydrogen) atoms. The Morgan fingerprint density at radius 2 is 2.22 bits per heavy atom. The summed E-state index contributed by atoms with van der Waals surface area (Å²) < 4.78 is 0. The average Bonchev–Trinajstić information content (AvgIpc) is 2.97. The molecule has 0 saturated carbocycles. The van der Waals surface area contributed by atoms with E-state index in [0.717, 1.165) is 33.9 Å². The van der Waals surface area contributed by atoms with Gasteiger partial charge in [0.2, 0.25) is 5.95 Å². The van der Waals surface area contributed by atoms with E-state index in [1.54, 1.807) is 22.7 Å².